The van der Waals surface area contributed by atoms with Gasteiger partial charge < -0.3 is 10.5 Å². The number of nitrogens with zero attached hydrogens (tertiary/aromatic N) is 1. The van der Waals surface area contributed by atoms with E-state index in [9.17, 15) is 4.79 Å². The molecule has 0 spiro atoms. The molecule has 1 saturated heterocycles. The maximum Gasteiger partial charge on any atom is 0.411 e. The molecule has 4 heteroatoms. The summed E-state index contributed by atoms with van der Waals surface area (Å²) in [6.45, 7) is 5.24. The molecular formula is C10H20N2O2. The van der Waals surface area contributed by atoms with Gasteiger partial charge in [0.2, 0.25) is 0 Å². The maximum atomic E-state index is 11.5. The maximum absolute atomic E-state index is 11.5. The molecular weight excluding hydrogens is 180 g/mol. The van der Waals surface area contributed by atoms with Gasteiger partial charge in [-0.1, -0.05) is 13.8 Å². The normalized spacial score (nSPS) is 22.6. The average molecular weight is 200 g/mol. The fraction of sp³-hybridized carbons (Fsp3) is 0.900. The van der Waals surface area contributed by atoms with Gasteiger partial charge in [0, 0.05) is 6.54 Å². The lowest BCUT2D eigenvalue weighted by Gasteiger charge is -2.32. The van der Waals surface area contributed by atoms with Crippen LogP contribution in [0.3, 0.4) is 0 Å². The van der Waals surface area contributed by atoms with E-state index in [1.807, 2.05) is 13.8 Å². The molecule has 2 N–H and O–H groups in total. The van der Waals surface area contributed by atoms with E-state index in [4.69, 9.17) is 10.5 Å². The Balaban J connectivity index is 2.34. The molecule has 1 aliphatic heterocycles. The van der Waals surface area contributed by atoms with Crippen LogP contribution < -0.4 is 5.73 Å². The van der Waals surface area contributed by atoms with Crippen molar-refractivity contribution in [3.8, 4) is 0 Å². The summed E-state index contributed by atoms with van der Waals surface area (Å²) in [4.78, 5) is 13.2. The largest absolute Gasteiger partial charge is 0.449 e. The number of piperidine rings is 1. The minimum absolute atomic E-state index is 0.150. The number of likely N-dealkylation sites (tertiary alicyclic amines) is 1. The van der Waals surface area contributed by atoms with Gasteiger partial charge in [0.1, 0.15) is 0 Å². The Bertz CT molecular complexity index is 195. The van der Waals surface area contributed by atoms with Crippen LogP contribution >= 0.6 is 0 Å². The van der Waals surface area contributed by atoms with Gasteiger partial charge in [-0.2, -0.15) is 0 Å². The van der Waals surface area contributed by atoms with E-state index in [2.05, 4.69) is 0 Å². The van der Waals surface area contributed by atoms with E-state index in [1.54, 1.807) is 4.90 Å². The first kappa shape index (κ1) is 11.3. The van der Waals surface area contributed by atoms with Crippen molar-refractivity contribution in [2.24, 2.45) is 11.7 Å². The minimum Gasteiger partial charge on any atom is -0.449 e. The Morgan fingerprint density at radius 3 is 2.86 bits per heavy atom. The van der Waals surface area contributed by atoms with E-state index in [0.29, 0.717) is 12.5 Å². The van der Waals surface area contributed by atoms with Crippen molar-refractivity contribution in [2.75, 3.05) is 13.2 Å². The highest BCUT2D eigenvalue weighted by molar-refractivity contribution is 5.68. The average Bonchev–Trinajstić information content (AvgIpc) is 2.15. The van der Waals surface area contributed by atoms with Crippen LogP contribution in [0.5, 0.6) is 0 Å². The molecule has 0 saturated carbocycles. The SMILES string of the molecule is CC(C)COC(=O)N1CCCCC1N. The quantitative estimate of drug-likeness (QED) is 0.735. The Labute approximate surface area is 85.4 Å². The molecule has 0 radical (unpaired) electrons. The molecule has 1 aliphatic rings. The molecule has 82 valence electrons. The van der Waals surface area contributed by atoms with Crippen LogP contribution in [0.2, 0.25) is 0 Å². The second-order valence-electron chi connectivity index (χ2n) is 4.23. The zero-order valence-corrected chi connectivity index (χ0v) is 9.03. The Kier molecular flexibility index (Phi) is 4.20. The van der Waals surface area contributed by atoms with Gasteiger partial charge in [-0.3, -0.25) is 4.90 Å². The van der Waals surface area contributed by atoms with Crippen molar-refractivity contribution >= 4 is 6.09 Å². The molecule has 0 bridgehead atoms. The topological polar surface area (TPSA) is 55.6 Å². The van der Waals surface area contributed by atoms with Gasteiger partial charge in [0.15, 0.2) is 0 Å². The molecule has 0 aromatic carbocycles. The number of hydrogen-bond acceptors (Lipinski definition) is 3. The number of rotatable bonds is 2. The van der Waals surface area contributed by atoms with Crippen LogP contribution in [0.4, 0.5) is 4.79 Å². The van der Waals surface area contributed by atoms with Crippen LogP contribution in [0.1, 0.15) is 33.1 Å². The van der Waals surface area contributed by atoms with E-state index in [1.165, 1.54) is 0 Å². The van der Waals surface area contributed by atoms with Crippen molar-refractivity contribution in [1.29, 1.82) is 0 Å². The molecule has 0 aliphatic carbocycles. The zero-order valence-electron chi connectivity index (χ0n) is 9.03. The minimum atomic E-state index is -0.258. The lowest BCUT2D eigenvalue weighted by Crippen LogP contribution is -2.49. The number of amides is 1. The highest BCUT2D eigenvalue weighted by Crippen LogP contribution is 2.14. The number of hydrogen-bond donors (Lipinski definition) is 1. The highest BCUT2D eigenvalue weighted by Gasteiger charge is 2.24. The first-order valence-corrected chi connectivity index (χ1v) is 5.30. The van der Waals surface area contributed by atoms with Crippen LogP contribution in [0.25, 0.3) is 0 Å². The van der Waals surface area contributed by atoms with Crippen LogP contribution in [-0.2, 0) is 4.74 Å². The number of carbonyl (C=O) groups is 1. The third kappa shape index (κ3) is 3.18. The molecule has 0 aromatic rings. The van der Waals surface area contributed by atoms with Crippen molar-refractivity contribution in [3.63, 3.8) is 0 Å². The third-order valence-electron chi connectivity index (χ3n) is 2.32. The third-order valence-corrected chi connectivity index (χ3v) is 2.32. The molecule has 1 atom stereocenters. The number of carbonyl (C=O) groups excluding carboxylic acids is 1. The molecule has 1 heterocycles. The summed E-state index contributed by atoms with van der Waals surface area (Å²) < 4.78 is 5.12. The monoisotopic (exact) mass is 200 g/mol. The summed E-state index contributed by atoms with van der Waals surface area (Å²) in [7, 11) is 0. The lowest BCUT2D eigenvalue weighted by atomic mass is 10.1. The van der Waals surface area contributed by atoms with E-state index < -0.39 is 0 Å². The van der Waals surface area contributed by atoms with Gasteiger partial charge in [0.25, 0.3) is 0 Å². The Hall–Kier alpha value is -0.770. The van der Waals surface area contributed by atoms with Crippen LogP contribution in [-0.4, -0.2) is 30.3 Å². The summed E-state index contributed by atoms with van der Waals surface area (Å²) in [6, 6.07) is 0. The predicted octanol–water partition coefficient (Wildman–Crippen LogP) is 1.55. The van der Waals surface area contributed by atoms with E-state index in [0.717, 1.165) is 25.8 Å². The molecule has 0 aromatic heterocycles. The second kappa shape index (κ2) is 5.20. The summed E-state index contributed by atoms with van der Waals surface area (Å²) in [6.07, 6.45) is 2.62. The van der Waals surface area contributed by atoms with E-state index in [-0.39, 0.29) is 12.3 Å². The summed E-state index contributed by atoms with van der Waals surface area (Å²) >= 11 is 0. The molecule has 1 unspecified atom stereocenters. The number of nitrogens with two attached hydrogens (primary N) is 1. The van der Waals surface area contributed by atoms with Crippen LogP contribution in [0, 0.1) is 5.92 Å². The van der Waals surface area contributed by atoms with Gasteiger partial charge in [0.05, 0.1) is 12.8 Å². The zero-order chi connectivity index (χ0) is 10.6. The Morgan fingerprint density at radius 1 is 1.57 bits per heavy atom. The molecule has 1 amide bonds. The van der Waals surface area contributed by atoms with Gasteiger partial charge in [-0.25, -0.2) is 4.79 Å². The molecule has 1 fully saturated rings. The van der Waals surface area contributed by atoms with Crippen molar-refractivity contribution in [2.45, 2.75) is 39.3 Å². The van der Waals surface area contributed by atoms with Gasteiger partial charge in [-0.05, 0) is 25.2 Å². The van der Waals surface area contributed by atoms with E-state index >= 15 is 0 Å². The lowest BCUT2D eigenvalue weighted by molar-refractivity contribution is 0.0669. The highest BCUT2D eigenvalue weighted by atomic mass is 16.6. The summed E-state index contributed by atoms with van der Waals surface area (Å²) in [5, 5.41) is 0. The second-order valence-corrected chi connectivity index (χ2v) is 4.23. The van der Waals surface area contributed by atoms with Crippen LogP contribution in [0.15, 0.2) is 0 Å². The Morgan fingerprint density at radius 2 is 2.29 bits per heavy atom. The van der Waals surface area contributed by atoms with Crippen molar-refractivity contribution in [3.05, 3.63) is 0 Å². The molecule has 4 nitrogen and oxygen atoms in total. The fourth-order valence-electron chi connectivity index (χ4n) is 1.50. The molecule has 1 rings (SSSR count). The van der Waals surface area contributed by atoms with Gasteiger partial charge >= 0.3 is 6.09 Å². The van der Waals surface area contributed by atoms with Gasteiger partial charge in [-0.15, -0.1) is 0 Å². The standard InChI is InChI=1S/C10H20N2O2/c1-8(2)7-14-10(13)12-6-4-3-5-9(12)11/h8-9H,3-7,11H2,1-2H3. The fourth-order valence-corrected chi connectivity index (χ4v) is 1.50. The smallest absolute Gasteiger partial charge is 0.411 e. The number of ether oxygens (including phenoxy) is 1. The summed E-state index contributed by atoms with van der Waals surface area (Å²) in [5.74, 6) is 0.375. The molecule has 14 heavy (non-hydrogen) atoms. The summed E-state index contributed by atoms with van der Waals surface area (Å²) in [5.41, 5.74) is 5.81. The van der Waals surface area contributed by atoms with Crippen molar-refractivity contribution < 1.29 is 9.53 Å². The first-order chi connectivity index (χ1) is 6.61. The predicted molar refractivity (Wildman–Crippen MR) is 54.7 cm³/mol. The van der Waals surface area contributed by atoms with Crippen molar-refractivity contribution in [1.82, 2.24) is 4.90 Å². The first-order valence-electron chi connectivity index (χ1n) is 5.30.